The highest BCUT2D eigenvalue weighted by Gasteiger charge is 2.34. The number of carbonyl (C=O) groups excluding carboxylic acids is 1. The molecule has 3 heterocycles. The second kappa shape index (κ2) is 6.72. The number of anilines is 1. The quantitative estimate of drug-likeness (QED) is 0.814. The van der Waals surface area contributed by atoms with E-state index in [1.807, 2.05) is 4.90 Å². The second-order valence-corrected chi connectivity index (χ2v) is 5.68. The van der Waals surface area contributed by atoms with Crippen LogP contribution in [0.2, 0.25) is 0 Å². The molecule has 7 nitrogen and oxygen atoms in total. The number of hydrogen-bond donors (Lipinski definition) is 0. The first-order valence-corrected chi connectivity index (χ1v) is 7.51. The largest absolute Gasteiger partial charge is 0.349 e. The van der Waals surface area contributed by atoms with Gasteiger partial charge in [0.05, 0.1) is 12.6 Å². The van der Waals surface area contributed by atoms with Gasteiger partial charge in [-0.15, -0.1) is 0 Å². The summed E-state index contributed by atoms with van der Waals surface area (Å²) in [5, 5.41) is 4.03. The number of rotatable bonds is 5. The van der Waals surface area contributed by atoms with Crippen LogP contribution in [-0.4, -0.2) is 62.9 Å². The Morgan fingerprint density at radius 1 is 1.48 bits per heavy atom. The summed E-state index contributed by atoms with van der Waals surface area (Å²) in [6.45, 7) is 0.927. The van der Waals surface area contributed by atoms with Gasteiger partial charge in [-0.1, -0.05) is 0 Å². The molecule has 1 aliphatic heterocycles. The predicted molar refractivity (Wildman–Crippen MR) is 82.5 cm³/mol. The zero-order chi connectivity index (χ0) is 16.2. The zero-order valence-electron chi connectivity index (χ0n) is 12.9. The molecular weight excluding hydrogens is 299 g/mol. The first-order chi connectivity index (χ1) is 11.1. The number of nitrogens with zero attached hydrogens (tertiary/aromatic N) is 6. The summed E-state index contributed by atoms with van der Waals surface area (Å²) in [6.07, 6.45) is 5.94. The van der Waals surface area contributed by atoms with E-state index in [0.717, 1.165) is 0 Å². The molecule has 0 aromatic carbocycles. The third kappa shape index (κ3) is 3.64. The Labute approximate surface area is 133 Å². The van der Waals surface area contributed by atoms with Gasteiger partial charge in [-0.25, -0.2) is 14.4 Å². The maximum absolute atomic E-state index is 13.9. The average Bonchev–Trinajstić information content (AvgIpc) is 3.18. The van der Waals surface area contributed by atoms with Gasteiger partial charge in [0, 0.05) is 38.6 Å². The number of amides is 1. The van der Waals surface area contributed by atoms with Crippen molar-refractivity contribution in [2.75, 3.05) is 25.0 Å². The first-order valence-electron chi connectivity index (χ1n) is 7.51. The smallest absolute Gasteiger partial charge is 0.244 e. The van der Waals surface area contributed by atoms with E-state index < -0.39 is 6.17 Å². The summed E-state index contributed by atoms with van der Waals surface area (Å²) in [7, 11) is 1.73. The Morgan fingerprint density at radius 3 is 3.04 bits per heavy atom. The van der Waals surface area contributed by atoms with Crippen molar-refractivity contribution in [3.63, 3.8) is 0 Å². The fourth-order valence-corrected chi connectivity index (χ4v) is 2.84. The molecular formula is C15H19FN6O. The van der Waals surface area contributed by atoms with Gasteiger partial charge < -0.3 is 9.80 Å². The molecule has 23 heavy (non-hydrogen) atoms. The molecule has 2 aromatic rings. The molecule has 1 saturated heterocycles. The van der Waals surface area contributed by atoms with E-state index in [1.54, 1.807) is 47.4 Å². The molecule has 122 valence electrons. The lowest BCUT2D eigenvalue weighted by atomic mass is 10.2. The van der Waals surface area contributed by atoms with E-state index in [0.29, 0.717) is 25.3 Å². The predicted octanol–water partition coefficient (Wildman–Crippen LogP) is 0.748. The van der Waals surface area contributed by atoms with Crippen molar-refractivity contribution in [1.82, 2.24) is 24.6 Å². The number of halogens is 1. The highest BCUT2D eigenvalue weighted by atomic mass is 19.1. The Kier molecular flexibility index (Phi) is 4.50. The summed E-state index contributed by atoms with van der Waals surface area (Å²) >= 11 is 0. The van der Waals surface area contributed by atoms with Crippen molar-refractivity contribution in [2.45, 2.75) is 25.2 Å². The van der Waals surface area contributed by atoms with E-state index in [9.17, 15) is 9.18 Å². The lowest BCUT2D eigenvalue weighted by Gasteiger charge is -2.29. The minimum atomic E-state index is -0.912. The standard InChI is InChI=1S/C15H19FN6O/c1-20(15(23)10-21-6-2-4-19-21)9-13-7-12(16)8-22(13)14-3-5-17-11-18-14/h2-6,11-13H,7-10H2,1H3/t12-,13-/m0/s1. The molecule has 0 spiro atoms. The Morgan fingerprint density at radius 2 is 2.35 bits per heavy atom. The molecule has 2 aromatic heterocycles. The average molecular weight is 318 g/mol. The van der Waals surface area contributed by atoms with Crippen molar-refractivity contribution >= 4 is 11.7 Å². The molecule has 1 amide bonds. The Hall–Kier alpha value is -2.51. The molecule has 0 aliphatic carbocycles. The topological polar surface area (TPSA) is 67.2 Å². The van der Waals surface area contributed by atoms with Crippen LogP contribution in [0, 0.1) is 0 Å². The lowest BCUT2D eigenvalue weighted by Crippen LogP contribution is -2.42. The van der Waals surface area contributed by atoms with Gasteiger partial charge in [-0.05, 0) is 12.1 Å². The van der Waals surface area contributed by atoms with Crippen LogP contribution in [0.1, 0.15) is 6.42 Å². The van der Waals surface area contributed by atoms with Crippen LogP contribution in [0.3, 0.4) is 0 Å². The minimum Gasteiger partial charge on any atom is -0.349 e. The number of likely N-dealkylation sites (N-methyl/N-ethyl adjacent to an activating group) is 1. The SMILES string of the molecule is CN(C[C@@H]1C[C@H](F)CN1c1ccncn1)C(=O)Cn1cccn1. The van der Waals surface area contributed by atoms with Gasteiger partial charge in [-0.2, -0.15) is 5.10 Å². The summed E-state index contributed by atoms with van der Waals surface area (Å²) in [5.41, 5.74) is 0. The van der Waals surface area contributed by atoms with E-state index in [4.69, 9.17) is 0 Å². The second-order valence-electron chi connectivity index (χ2n) is 5.68. The van der Waals surface area contributed by atoms with Gasteiger partial charge in [-0.3, -0.25) is 9.48 Å². The van der Waals surface area contributed by atoms with Gasteiger partial charge in [0.2, 0.25) is 5.91 Å². The van der Waals surface area contributed by atoms with Crippen LogP contribution in [0.15, 0.2) is 37.1 Å². The van der Waals surface area contributed by atoms with Crippen LogP contribution in [0.5, 0.6) is 0 Å². The van der Waals surface area contributed by atoms with E-state index in [-0.39, 0.29) is 18.5 Å². The highest BCUT2D eigenvalue weighted by Crippen LogP contribution is 2.25. The summed E-state index contributed by atoms with van der Waals surface area (Å²) in [6, 6.07) is 3.44. The summed E-state index contributed by atoms with van der Waals surface area (Å²) < 4.78 is 15.4. The van der Waals surface area contributed by atoms with E-state index >= 15 is 0 Å². The molecule has 1 aliphatic rings. The van der Waals surface area contributed by atoms with Gasteiger partial charge >= 0.3 is 0 Å². The van der Waals surface area contributed by atoms with Crippen molar-refractivity contribution in [1.29, 1.82) is 0 Å². The zero-order valence-corrected chi connectivity index (χ0v) is 12.9. The van der Waals surface area contributed by atoms with E-state index in [2.05, 4.69) is 15.1 Å². The molecule has 2 atom stereocenters. The van der Waals surface area contributed by atoms with Crippen molar-refractivity contribution < 1.29 is 9.18 Å². The molecule has 0 N–H and O–H groups in total. The summed E-state index contributed by atoms with van der Waals surface area (Å²) in [4.78, 5) is 23.9. The monoisotopic (exact) mass is 318 g/mol. The van der Waals surface area contributed by atoms with E-state index in [1.165, 1.54) is 6.33 Å². The number of alkyl halides is 1. The maximum Gasteiger partial charge on any atom is 0.244 e. The fraction of sp³-hybridized carbons (Fsp3) is 0.467. The molecule has 0 saturated carbocycles. The number of aromatic nitrogens is 4. The Balaban J connectivity index is 1.64. The molecule has 8 heteroatoms. The van der Waals surface area contributed by atoms with Crippen LogP contribution < -0.4 is 4.90 Å². The maximum atomic E-state index is 13.9. The molecule has 0 radical (unpaired) electrons. The van der Waals surface area contributed by atoms with Crippen LogP contribution in [0.4, 0.5) is 10.2 Å². The normalized spacial score (nSPS) is 20.7. The lowest BCUT2D eigenvalue weighted by molar-refractivity contribution is -0.130. The fourth-order valence-electron chi connectivity index (χ4n) is 2.84. The van der Waals surface area contributed by atoms with Crippen LogP contribution in [0.25, 0.3) is 0 Å². The van der Waals surface area contributed by atoms with Crippen LogP contribution in [-0.2, 0) is 11.3 Å². The van der Waals surface area contributed by atoms with Gasteiger partial charge in [0.25, 0.3) is 0 Å². The summed E-state index contributed by atoms with van der Waals surface area (Å²) in [5.74, 6) is 0.636. The number of carbonyl (C=O) groups is 1. The Bertz CT molecular complexity index is 635. The third-order valence-corrected chi connectivity index (χ3v) is 3.99. The number of hydrogen-bond acceptors (Lipinski definition) is 5. The van der Waals surface area contributed by atoms with Gasteiger partial charge in [0.15, 0.2) is 0 Å². The third-order valence-electron chi connectivity index (χ3n) is 3.99. The van der Waals surface area contributed by atoms with Crippen molar-refractivity contribution in [2.24, 2.45) is 0 Å². The molecule has 3 rings (SSSR count). The minimum absolute atomic E-state index is 0.0568. The highest BCUT2D eigenvalue weighted by molar-refractivity contribution is 5.75. The molecule has 0 unspecified atom stereocenters. The first kappa shape index (κ1) is 15.4. The van der Waals surface area contributed by atoms with Gasteiger partial charge in [0.1, 0.15) is 24.9 Å². The van der Waals surface area contributed by atoms with Crippen LogP contribution >= 0.6 is 0 Å². The molecule has 0 bridgehead atoms. The molecule has 1 fully saturated rings. The van der Waals surface area contributed by atoms with Crippen molar-refractivity contribution in [3.8, 4) is 0 Å². The van der Waals surface area contributed by atoms with Crippen molar-refractivity contribution in [3.05, 3.63) is 37.1 Å².